The van der Waals surface area contributed by atoms with Crippen molar-refractivity contribution >= 4 is 18.6 Å². The summed E-state index contributed by atoms with van der Waals surface area (Å²) in [6, 6.07) is 2.51. The minimum Gasteiger partial charge on any atom is -0.388 e. The molecule has 2 aromatic heterocycles. The van der Waals surface area contributed by atoms with E-state index in [1.807, 2.05) is 0 Å². The number of nitrogens with zero attached hydrogens (tertiary/aromatic N) is 1. The summed E-state index contributed by atoms with van der Waals surface area (Å²) < 4.78 is 38.0. The lowest BCUT2D eigenvalue weighted by molar-refractivity contribution is -0.0619. The van der Waals surface area contributed by atoms with Gasteiger partial charge in [-0.05, 0) is 38.3 Å². The van der Waals surface area contributed by atoms with Gasteiger partial charge in [0.05, 0.1) is 17.9 Å². The van der Waals surface area contributed by atoms with Gasteiger partial charge in [-0.1, -0.05) is 20.8 Å². The summed E-state index contributed by atoms with van der Waals surface area (Å²) in [6.45, 7) is 6.23. The van der Waals surface area contributed by atoms with E-state index in [9.17, 15) is 34.0 Å². The summed E-state index contributed by atoms with van der Waals surface area (Å²) in [4.78, 5) is 29.4. The normalized spacial score (nSPS) is 27.0. The number of nitrogens with one attached hydrogen (secondary N) is 1. The van der Waals surface area contributed by atoms with Crippen LogP contribution in [-0.2, 0) is 13.8 Å². The largest absolute Gasteiger partial charge is 0.388 e. The summed E-state index contributed by atoms with van der Waals surface area (Å²) in [6.07, 6.45) is -3.84. The molecule has 3 rings (SSSR count). The van der Waals surface area contributed by atoms with Crippen molar-refractivity contribution in [1.29, 1.82) is 0 Å². The molecule has 12 heteroatoms. The lowest BCUT2D eigenvalue weighted by Crippen LogP contribution is -2.41. The molecule has 0 radical (unpaired) electrons. The Morgan fingerprint density at radius 1 is 1.21 bits per heavy atom. The van der Waals surface area contributed by atoms with Crippen LogP contribution in [0.15, 0.2) is 23.1 Å². The zero-order valence-electron chi connectivity index (χ0n) is 19.6. The summed E-state index contributed by atoms with van der Waals surface area (Å²) in [5.74, 6) is -0.611. The highest BCUT2D eigenvalue weighted by atomic mass is 31.2. The first-order valence-electron chi connectivity index (χ1n) is 11.3. The maximum absolute atomic E-state index is 13.6. The Labute approximate surface area is 196 Å². The number of ether oxygens (including phenoxy) is 1. The molecule has 2 aromatic rings. The fourth-order valence-corrected chi connectivity index (χ4v) is 5.55. The smallest absolute Gasteiger partial charge is 0.359 e. The number of fused-ring (bicyclic) bond motifs is 1. The van der Waals surface area contributed by atoms with Crippen LogP contribution in [0.3, 0.4) is 0 Å². The lowest BCUT2D eigenvalue weighted by atomic mass is 9.88. The Hall–Kier alpha value is -1.72. The first-order chi connectivity index (χ1) is 15.8. The van der Waals surface area contributed by atoms with Crippen LogP contribution in [0.25, 0.3) is 11.0 Å². The summed E-state index contributed by atoms with van der Waals surface area (Å²) in [5, 5.41) is 30.0. The van der Waals surface area contributed by atoms with E-state index in [4.69, 9.17) is 9.26 Å². The second-order valence-electron chi connectivity index (χ2n) is 9.00. The topological polar surface area (TPSA) is 162 Å². The molecule has 0 amide bonds. The number of aromatic nitrogens is 2. The van der Waals surface area contributed by atoms with Crippen molar-refractivity contribution in [3.63, 3.8) is 0 Å². The van der Waals surface area contributed by atoms with Crippen molar-refractivity contribution in [1.82, 2.24) is 9.97 Å². The van der Waals surface area contributed by atoms with Crippen LogP contribution in [0.5, 0.6) is 0 Å². The second kappa shape index (κ2) is 9.73. The molecule has 3 heterocycles. The number of rotatable bonds is 9. The van der Waals surface area contributed by atoms with Crippen LogP contribution in [0, 0.1) is 5.82 Å². The Bertz CT molecular complexity index is 1140. The van der Waals surface area contributed by atoms with E-state index in [1.54, 1.807) is 20.8 Å². The summed E-state index contributed by atoms with van der Waals surface area (Å²) in [5.41, 5.74) is -1.73. The van der Waals surface area contributed by atoms with Crippen molar-refractivity contribution in [3.05, 3.63) is 40.1 Å². The van der Waals surface area contributed by atoms with E-state index < -0.39 is 54.3 Å². The second-order valence-corrected chi connectivity index (χ2v) is 11.2. The van der Waals surface area contributed by atoms with Crippen LogP contribution >= 0.6 is 7.60 Å². The molecule has 1 aliphatic heterocycles. The molecule has 190 valence electrons. The van der Waals surface area contributed by atoms with Gasteiger partial charge in [-0.25, -0.2) is 9.37 Å². The van der Waals surface area contributed by atoms with Gasteiger partial charge in [-0.15, -0.1) is 0 Å². The molecule has 1 aliphatic rings. The number of hydrogen-bond acceptors (Lipinski definition) is 8. The number of aliphatic hydroxyl groups excluding tert-OH is 2. The Kier molecular flexibility index (Phi) is 7.69. The molecule has 0 aromatic carbocycles. The average Bonchev–Trinajstić information content (AvgIpc) is 3.06. The van der Waals surface area contributed by atoms with Gasteiger partial charge >= 0.3 is 7.60 Å². The maximum Gasteiger partial charge on any atom is 0.359 e. The number of pyridine rings is 2. The van der Waals surface area contributed by atoms with Gasteiger partial charge in [0.15, 0.2) is 5.34 Å². The molecule has 5 N–H and O–H groups in total. The molecule has 6 atom stereocenters. The molecule has 10 nitrogen and oxygen atoms in total. The number of halogens is 1. The minimum atomic E-state index is -4.50. The standard InChI is InChI=1S/C22H32FN2O8P/c1-5-21(4,29)34(30,31)33-22(6-2,7-3)10-15-16(26)17(27)18(32-15)14-9-12-8-13(23)11-24-19(12)25-20(14)28/h8-9,11,15-18,26-27,29H,5-7,10H2,1-4H3,(H,30,31)(H,24,25,28). The quantitative estimate of drug-likeness (QED) is 0.324. The number of aliphatic hydroxyl groups is 3. The predicted octanol–water partition coefficient (Wildman–Crippen LogP) is 2.49. The lowest BCUT2D eigenvalue weighted by Gasteiger charge is -2.39. The molecular formula is C22H32FN2O8P. The molecule has 1 saturated heterocycles. The van der Waals surface area contributed by atoms with Gasteiger partial charge in [0, 0.05) is 17.4 Å². The van der Waals surface area contributed by atoms with E-state index in [1.165, 1.54) is 19.1 Å². The monoisotopic (exact) mass is 502 g/mol. The first kappa shape index (κ1) is 26.9. The fraction of sp³-hybridized carbons (Fsp3) is 0.636. The highest BCUT2D eigenvalue weighted by Gasteiger charge is 2.51. The van der Waals surface area contributed by atoms with Crippen LogP contribution in [0.2, 0.25) is 0 Å². The van der Waals surface area contributed by atoms with Gasteiger partial charge in [0.2, 0.25) is 0 Å². The van der Waals surface area contributed by atoms with E-state index >= 15 is 0 Å². The number of hydrogen-bond donors (Lipinski definition) is 5. The molecule has 0 saturated carbocycles. The SMILES string of the molecule is CCC(CC)(CC1OC(c2cc3cc(F)cnc3[nH]c2=O)C(O)C1O)OP(=O)(O)C(C)(O)CC. The first-order valence-corrected chi connectivity index (χ1v) is 12.8. The van der Waals surface area contributed by atoms with Crippen molar-refractivity contribution in [2.75, 3.05) is 0 Å². The third-order valence-electron chi connectivity index (χ3n) is 6.82. The summed E-state index contributed by atoms with van der Waals surface area (Å²) >= 11 is 0. The summed E-state index contributed by atoms with van der Waals surface area (Å²) in [7, 11) is -4.50. The molecule has 34 heavy (non-hydrogen) atoms. The van der Waals surface area contributed by atoms with Gasteiger partial charge in [-0.2, -0.15) is 0 Å². The highest BCUT2D eigenvalue weighted by molar-refractivity contribution is 7.54. The Balaban J connectivity index is 1.90. The Morgan fingerprint density at radius 2 is 1.85 bits per heavy atom. The third-order valence-corrected chi connectivity index (χ3v) is 8.98. The van der Waals surface area contributed by atoms with Crippen molar-refractivity contribution in [3.8, 4) is 0 Å². The van der Waals surface area contributed by atoms with Gasteiger partial charge < -0.3 is 29.9 Å². The Morgan fingerprint density at radius 3 is 2.44 bits per heavy atom. The maximum atomic E-state index is 13.6. The van der Waals surface area contributed by atoms with Crippen LogP contribution in [0.4, 0.5) is 4.39 Å². The molecule has 0 bridgehead atoms. The van der Waals surface area contributed by atoms with Crippen molar-refractivity contribution in [2.24, 2.45) is 0 Å². The number of aromatic amines is 1. The van der Waals surface area contributed by atoms with Crippen LogP contribution in [-0.4, -0.2) is 59.4 Å². The molecule has 0 aliphatic carbocycles. The van der Waals surface area contributed by atoms with Gasteiger partial charge in [0.25, 0.3) is 5.56 Å². The zero-order chi connectivity index (χ0) is 25.5. The van der Waals surface area contributed by atoms with Crippen LogP contribution in [0.1, 0.15) is 65.0 Å². The predicted molar refractivity (Wildman–Crippen MR) is 122 cm³/mol. The van der Waals surface area contributed by atoms with Gasteiger partial charge in [0.1, 0.15) is 29.8 Å². The third kappa shape index (κ3) is 4.97. The van der Waals surface area contributed by atoms with Crippen LogP contribution < -0.4 is 5.56 Å². The van der Waals surface area contributed by atoms with E-state index in [-0.39, 0.29) is 42.3 Å². The minimum absolute atomic E-state index is 0.0183. The highest BCUT2D eigenvalue weighted by Crippen LogP contribution is 2.59. The van der Waals surface area contributed by atoms with E-state index in [2.05, 4.69) is 9.97 Å². The molecule has 0 spiro atoms. The van der Waals surface area contributed by atoms with Crippen molar-refractivity contribution < 1.29 is 38.4 Å². The number of H-pyrrole nitrogens is 1. The molecule has 1 fully saturated rings. The van der Waals surface area contributed by atoms with E-state index in [0.29, 0.717) is 0 Å². The fourth-order valence-electron chi connectivity index (χ4n) is 4.10. The zero-order valence-corrected chi connectivity index (χ0v) is 20.5. The van der Waals surface area contributed by atoms with Crippen molar-refractivity contribution in [2.45, 2.75) is 88.7 Å². The van der Waals surface area contributed by atoms with E-state index in [0.717, 1.165) is 6.20 Å². The van der Waals surface area contributed by atoms with Gasteiger partial charge in [-0.3, -0.25) is 13.9 Å². The molecule has 6 unspecified atom stereocenters. The molecular weight excluding hydrogens is 470 g/mol. The average molecular weight is 502 g/mol.